The van der Waals surface area contributed by atoms with Gasteiger partial charge < -0.3 is 24.6 Å². The number of hydrogen-bond acceptors (Lipinski definition) is 9. The fraction of sp³-hybridized carbons (Fsp3) is 0.477. The van der Waals surface area contributed by atoms with Crippen LogP contribution in [0.15, 0.2) is 53.0 Å². The van der Waals surface area contributed by atoms with E-state index in [-0.39, 0.29) is 36.7 Å². The van der Waals surface area contributed by atoms with E-state index in [0.29, 0.717) is 35.9 Å². The largest absolute Gasteiger partial charge is 0.493 e. The van der Waals surface area contributed by atoms with Crippen LogP contribution in [0.4, 0.5) is 10.2 Å². The molecule has 2 saturated heterocycles. The van der Waals surface area contributed by atoms with Gasteiger partial charge in [-0.05, 0) is 119 Å². The van der Waals surface area contributed by atoms with Crippen molar-refractivity contribution in [1.82, 2.24) is 25.1 Å². The molecule has 57 heavy (non-hydrogen) atoms. The van der Waals surface area contributed by atoms with E-state index in [1.165, 1.54) is 23.8 Å². The molecule has 7 rings (SSSR count). The lowest BCUT2D eigenvalue weighted by atomic mass is 9.85. The van der Waals surface area contributed by atoms with Gasteiger partial charge in [0.25, 0.3) is 5.91 Å². The second-order valence-corrected chi connectivity index (χ2v) is 16.5. The topological polar surface area (TPSA) is 126 Å². The molecule has 2 unspecified atom stereocenters. The maximum Gasteiger partial charge on any atom is 0.255 e. The number of likely N-dealkylation sites (tertiary alicyclic amines) is 1. The normalized spacial score (nSPS) is 18.2. The van der Waals surface area contributed by atoms with Crippen molar-refractivity contribution >= 4 is 50.4 Å². The third-order valence-electron chi connectivity index (χ3n) is 11.6. The molecule has 302 valence electrons. The Morgan fingerprint density at radius 1 is 0.965 bits per heavy atom. The van der Waals surface area contributed by atoms with Crippen molar-refractivity contribution in [3.05, 3.63) is 86.9 Å². The van der Waals surface area contributed by atoms with Crippen LogP contribution in [0.5, 0.6) is 11.5 Å². The predicted octanol–water partition coefficient (Wildman–Crippen LogP) is 8.38. The number of nitrogens with one attached hydrogen (secondary N) is 2. The van der Waals surface area contributed by atoms with E-state index in [1.807, 2.05) is 31.2 Å². The van der Waals surface area contributed by atoms with Gasteiger partial charge in [-0.1, -0.05) is 53.7 Å². The van der Waals surface area contributed by atoms with E-state index in [9.17, 15) is 18.8 Å². The van der Waals surface area contributed by atoms with E-state index >= 15 is 0 Å². The van der Waals surface area contributed by atoms with Crippen molar-refractivity contribution in [2.75, 3.05) is 38.7 Å². The molecule has 4 heterocycles. The first kappa shape index (κ1) is 40.6. The van der Waals surface area contributed by atoms with Crippen LogP contribution in [-0.4, -0.2) is 76.9 Å². The summed E-state index contributed by atoms with van der Waals surface area (Å²) in [5.74, 6) is 1.42. The first-order valence-electron chi connectivity index (χ1n) is 20.3. The van der Waals surface area contributed by atoms with Crippen molar-refractivity contribution in [2.24, 2.45) is 0 Å². The molecular weight excluding hydrogens is 791 g/mol. The highest BCUT2D eigenvalue weighted by Crippen LogP contribution is 2.39. The third kappa shape index (κ3) is 9.58. The number of benzene rings is 3. The zero-order valence-corrected chi connectivity index (χ0v) is 34.6. The van der Waals surface area contributed by atoms with Crippen LogP contribution in [0.2, 0.25) is 0 Å². The molecular formula is C44H52BrFN6O5. The number of aromatic nitrogens is 2. The maximum atomic E-state index is 14.8. The lowest BCUT2D eigenvalue weighted by Gasteiger charge is -2.33. The number of aryl methyl sites for hydroxylation is 1. The SMILES string of the molecule is COc1cc2c(NC(C)c3cccc(Br)c3)nc(C)nc2cc1OCCCCCCCCN1CCC(c2cc(F)cc3c2CN(C2CCC(=O)NC2=O)C3=O)CC1. The zero-order chi connectivity index (χ0) is 40.1. The minimum atomic E-state index is -0.704. The number of piperidine rings is 2. The van der Waals surface area contributed by atoms with Crippen molar-refractivity contribution in [3.8, 4) is 11.5 Å². The van der Waals surface area contributed by atoms with Gasteiger partial charge in [0.15, 0.2) is 11.5 Å². The number of imide groups is 1. The van der Waals surface area contributed by atoms with E-state index in [1.54, 1.807) is 13.2 Å². The zero-order valence-electron chi connectivity index (χ0n) is 33.0. The Hall–Kier alpha value is -4.62. The monoisotopic (exact) mass is 842 g/mol. The lowest BCUT2D eigenvalue weighted by molar-refractivity contribution is -0.136. The van der Waals surface area contributed by atoms with Crippen molar-refractivity contribution in [1.29, 1.82) is 0 Å². The van der Waals surface area contributed by atoms with Gasteiger partial charge >= 0.3 is 0 Å². The number of fused-ring (bicyclic) bond motifs is 2. The summed E-state index contributed by atoms with van der Waals surface area (Å²) in [5.41, 5.74) is 4.03. The van der Waals surface area contributed by atoms with Crippen molar-refractivity contribution in [3.63, 3.8) is 0 Å². The summed E-state index contributed by atoms with van der Waals surface area (Å²) in [5, 5.41) is 6.78. The Balaban J connectivity index is 0.818. The van der Waals surface area contributed by atoms with Crippen LogP contribution >= 0.6 is 15.9 Å². The molecule has 1 aromatic heterocycles. The highest BCUT2D eigenvalue weighted by atomic mass is 79.9. The van der Waals surface area contributed by atoms with Crippen LogP contribution < -0.4 is 20.1 Å². The highest BCUT2D eigenvalue weighted by Gasteiger charge is 2.41. The smallest absolute Gasteiger partial charge is 0.255 e. The fourth-order valence-electron chi connectivity index (χ4n) is 8.51. The summed E-state index contributed by atoms with van der Waals surface area (Å²) in [4.78, 5) is 50.9. The molecule has 0 saturated carbocycles. The van der Waals surface area contributed by atoms with E-state index in [4.69, 9.17) is 19.4 Å². The first-order valence-corrected chi connectivity index (χ1v) is 21.1. The molecule has 2 N–H and O–H groups in total. The summed E-state index contributed by atoms with van der Waals surface area (Å²) >= 11 is 3.57. The van der Waals surface area contributed by atoms with Crippen LogP contribution in [0, 0.1) is 12.7 Å². The van der Waals surface area contributed by atoms with E-state index in [2.05, 4.69) is 50.5 Å². The number of anilines is 1. The molecule has 3 aromatic carbocycles. The number of hydrogen-bond donors (Lipinski definition) is 2. The molecule has 0 radical (unpaired) electrons. The average molecular weight is 844 g/mol. The molecule has 3 aliphatic rings. The fourth-order valence-corrected chi connectivity index (χ4v) is 8.93. The number of rotatable bonds is 16. The van der Waals surface area contributed by atoms with Gasteiger partial charge in [-0.25, -0.2) is 14.4 Å². The molecule has 0 bridgehead atoms. The molecule has 2 fully saturated rings. The van der Waals surface area contributed by atoms with Crippen LogP contribution in [-0.2, 0) is 16.1 Å². The maximum absolute atomic E-state index is 14.8. The molecule has 0 aliphatic carbocycles. The second kappa shape index (κ2) is 18.3. The van der Waals surface area contributed by atoms with E-state index < -0.39 is 17.8 Å². The Morgan fingerprint density at radius 3 is 2.49 bits per heavy atom. The van der Waals surface area contributed by atoms with Gasteiger partial charge in [-0.3, -0.25) is 19.7 Å². The van der Waals surface area contributed by atoms with Gasteiger partial charge in [0.2, 0.25) is 11.8 Å². The van der Waals surface area contributed by atoms with Gasteiger partial charge in [-0.2, -0.15) is 0 Å². The number of methoxy groups -OCH3 is 1. The number of unbranched alkanes of at least 4 members (excludes halogenated alkanes) is 5. The summed E-state index contributed by atoms with van der Waals surface area (Å²) in [6, 6.07) is 14.4. The first-order chi connectivity index (χ1) is 27.6. The Kier molecular flexibility index (Phi) is 13.0. The molecule has 2 atom stereocenters. The highest BCUT2D eigenvalue weighted by molar-refractivity contribution is 9.10. The number of amides is 3. The standard InChI is InChI=1S/C44H52BrFN6O5/c1-27(30-11-10-12-31(45)21-30)47-42-35-24-39(56-3)40(25-37(35)48-28(2)49-42)57-20-9-7-5-4-6-8-17-51-18-15-29(16-19-51)33-22-32(46)23-34-36(33)26-52(44(34)55)38-13-14-41(53)50-43(38)54/h10-12,21-25,27,29,38H,4-9,13-20,26H2,1-3H3,(H,47,48,49)(H,50,53,54). The van der Waals surface area contributed by atoms with E-state index in [0.717, 1.165) is 96.0 Å². The molecule has 3 amide bonds. The van der Waals surface area contributed by atoms with Crippen LogP contribution in [0.1, 0.15) is 116 Å². The summed E-state index contributed by atoms with van der Waals surface area (Å²) in [6.45, 7) is 7.80. The lowest BCUT2D eigenvalue weighted by Crippen LogP contribution is -2.52. The van der Waals surface area contributed by atoms with Crippen LogP contribution in [0.3, 0.4) is 0 Å². The average Bonchev–Trinajstić information content (AvgIpc) is 3.51. The van der Waals surface area contributed by atoms with Gasteiger partial charge in [-0.15, -0.1) is 0 Å². The quantitative estimate of drug-likeness (QED) is 0.0846. The number of halogens is 2. The minimum Gasteiger partial charge on any atom is -0.493 e. The second-order valence-electron chi connectivity index (χ2n) is 15.6. The Morgan fingerprint density at radius 2 is 1.74 bits per heavy atom. The van der Waals surface area contributed by atoms with Crippen LogP contribution in [0.25, 0.3) is 10.9 Å². The molecule has 4 aromatic rings. The number of carbonyl (C=O) groups excluding carboxylic acids is 3. The summed E-state index contributed by atoms with van der Waals surface area (Å²) in [6.07, 6.45) is 8.97. The summed E-state index contributed by atoms with van der Waals surface area (Å²) < 4.78 is 27.8. The Bertz CT molecular complexity index is 2120. The predicted molar refractivity (Wildman–Crippen MR) is 221 cm³/mol. The van der Waals surface area contributed by atoms with Gasteiger partial charge in [0.1, 0.15) is 23.5 Å². The van der Waals surface area contributed by atoms with Crippen molar-refractivity contribution in [2.45, 2.75) is 103 Å². The minimum absolute atomic E-state index is 0.0352. The number of ether oxygens (including phenoxy) is 2. The summed E-state index contributed by atoms with van der Waals surface area (Å²) in [7, 11) is 1.65. The van der Waals surface area contributed by atoms with Gasteiger partial charge in [0, 0.05) is 34.5 Å². The Labute approximate surface area is 342 Å². The van der Waals surface area contributed by atoms with Crippen molar-refractivity contribution < 1.29 is 28.2 Å². The molecule has 13 heteroatoms. The molecule has 11 nitrogen and oxygen atoms in total. The number of nitrogens with zero attached hydrogens (tertiary/aromatic N) is 4. The van der Waals surface area contributed by atoms with Gasteiger partial charge in [0.05, 0.1) is 25.3 Å². The third-order valence-corrected chi connectivity index (χ3v) is 12.1. The molecule has 3 aliphatic heterocycles. The molecule has 0 spiro atoms. The number of carbonyl (C=O) groups is 3.